The highest BCUT2D eigenvalue weighted by Gasteiger charge is 2.11. The highest BCUT2D eigenvalue weighted by Crippen LogP contribution is 2.14. The fourth-order valence-corrected chi connectivity index (χ4v) is 4.56. The normalized spacial score (nSPS) is 11.3. The number of aryl methyl sites for hydroxylation is 1. The standard InChI is InChI=1S/C29H49N2/c1-3-4-5-6-7-8-9-10-11-12-13-14-15-16-17-21-24-30-25-26-31(28(30)2)27-29-22-19-18-20-23-29/h18-20,22-23,25-26H,3-17,21,24,27H2,1-2H3/q+1. The second kappa shape index (κ2) is 17.0. The van der Waals surface area contributed by atoms with Crippen molar-refractivity contribution in [2.45, 2.75) is 130 Å². The van der Waals surface area contributed by atoms with Gasteiger partial charge in [0, 0.05) is 6.92 Å². The molecule has 0 amide bonds. The average Bonchev–Trinajstić information content (AvgIpc) is 3.13. The molecule has 0 aliphatic carbocycles. The van der Waals surface area contributed by atoms with Crippen LogP contribution in [0.1, 0.15) is 121 Å². The molecule has 0 fully saturated rings. The molecule has 0 saturated carbocycles. The van der Waals surface area contributed by atoms with Crippen molar-refractivity contribution in [1.29, 1.82) is 0 Å². The monoisotopic (exact) mass is 425 g/mol. The van der Waals surface area contributed by atoms with Crippen LogP contribution in [0.15, 0.2) is 42.7 Å². The van der Waals surface area contributed by atoms with Gasteiger partial charge >= 0.3 is 0 Å². The number of nitrogens with zero attached hydrogens (tertiary/aromatic N) is 2. The lowest BCUT2D eigenvalue weighted by Crippen LogP contribution is -2.36. The third kappa shape index (κ3) is 11.6. The van der Waals surface area contributed by atoms with Crippen LogP contribution in [0.4, 0.5) is 0 Å². The fourth-order valence-electron chi connectivity index (χ4n) is 4.56. The number of imidazole rings is 1. The Kier molecular flexibility index (Phi) is 14.1. The minimum absolute atomic E-state index is 0.971. The quantitative estimate of drug-likeness (QED) is 0.158. The lowest BCUT2D eigenvalue weighted by Gasteiger charge is -2.04. The summed E-state index contributed by atoms with van der Waals surface area (Å²) in [5.74, 6) is 1.37. The van der Waals surface area contributed by atoms with E-state index in [4.69, 9.17) is 0 Å². The first-order valence-corrected chi connectivity index (χ1v) is 13.4. The van der Waals surface area contributed by atoms with Crippen LogP contribution in [0.5, 0.6) is 0 Å². The number of hydrogen-bond acceptors (Lipinski definition) is 0. The van der Waals surface area contributed by atoms with Crippen LogP contribution in [0.25, 0.3) is 0 Å². The molecule has 0 unspecified atom stereocenters. The van der Waals surface area contributed by atoms with E-state index in [1.165, 1.54) is 114 Å². The Morgan fingerprint density at radius 1 is 0.645 bits per heavy atom. The molecule has 174 valence electrons. The number of hydrogen-bond donors (Lipinski definition) is 0. The van der Waals surface area contributed by atoms with E-state index in [0.717, 1.165) is 13.1 Å². The molecule has 0 saturated heterocycles. The van der Waals surface area contributed by atoms with Gasteiger partial charge in [-0.3, -0.25) is 0 Å². The van der Waals surface area contributed by atoms with E-state index in [0.29, 0.717) is 0 Å². The second-order valence-electron chi connectivity index (χ2n) is 9.46. The zero-order chi connectivity index (χ0) is 22.0. The van der Waals surface area contributed by atoms with Gasteiger partial charge in [0.25, 0.3) is 5.82 Å². The zero-order valence-corrected chi connectivity index (χ0v) is 20.7. The van der Waals surface area contributed by atoms with Crippen molar-refractivity contribution < 1.29 is 4.57 Å². The SMILES string of the molecule is CCCCCCCCCCCCCCCCCCn1cc[n+](Cc2ccccc2)c1C. The number of benzene rings is 1. The van der Waals surface area contributed by atoms with Gasteiger partial charge in [-0.15, -0.1) is 0 Å². The van der Waals surface area contributed by atoms with Crippen LogP contribution < -0.4 is 4.57 Å². The molecule has 0 aliphatic rings. The third-order valence-corrected chi connectivity index (χ3v) is 6.71. The van der Waals surface area contributed by atoms with Crippen molar-refractivity contribution in [3.8, 4) is 0 Å². The molecule has 0 radical (unpaired) electrons. The van der Waals surface area contributed by atoms with E-state index < -0.39 is 0 Å². The van der Waals surface area contributed by atoms with Gasteiger partial charge in [0.05, 0.1) is 6.54 Å². The third-order valence-electron chi connectivity index (χ3n) is 6.71. The molecule has 1 aromatic heterocycles. The molecule has 0 N–H and O–H groups in total. The maximum atomic E-state index is 2.42. The fraction of sp³-hybridized carbons (Fsp3) is 0.690. The number of unbranched alkanes of at least 4 members (excludes halogenated alkanes) is 15. The number of rotatable bonds is 19. The van der Waals surface area contributed by atoms with Crippen molar-refractivity contribution in [2.24, 2.45) is 0 Å². The summed E-state index contributed by atoms with van der Waals surface area (Å²) in [6.07, 6.45) is 27.4. The van der Waals surface area contributed by atoms with Crippen molar-refractivity contribution >= 4 is 0 Å². The van der Waals surface area contributed by atoms with E-state index in [9.17, 15) is 0 Å². The first-order valence-electron chi connectivity index (χ1n) is 13.4. The summed E-state index contributed by atoms with van der Waals surface area (Å²) < 4.78 is 4.79. The molecular formula is C29H49N2+. The molecule has 2 nitrogen and oxygen atoms in total. The van der Waals surface area contributed by atoms with Gasteiger partial charge in [-0.25, -0.2) is 9.13 Å². The van der Waals surface area contributed by atoms with Gasteiger partial charge in [0.1, 0.15) is 18.9 Å². The van der Waals surface area contributed by atoms with Crippen LogP contribution in [-0.2, 0) is 13.1 Å². The molecule has 2 aromatic rings. The largest absolute Gasteiger partial charge is 0.253 e. The van der Waals surface area contributed by atoms with E-state index in [2.05, 4.69) is 65.7 Å². The Bertz CT molecular complexity index is 659. The predicted molar refractivity (Wildman–Crippen MR) is 134 cm³/mol. The molecule has 2 heteroatoms. The van der Waals surface area contributed by atoms with E-state index in [1.807, 2.05) is 0 Å². The summed E-state index contributed by atoms with van der Waals surface area (Å²) >= 11 is 0. The molecule has 0 spiro atoms. The van der Waals surface area contributed by atoms with Crippen molar-refractivity contribution in [3.63, 3.8) is 0 Å². The molecule has 0 aliphatic heterocycles. The minimum Gasteiger partial charge on any atom is -0.234 e. The summed E-state index contributed by atoms with van der Waals surface area (Å²) in [4.78, 5) is 0. The van der Waals surface area contributed by atoms with Crippen LogP contribution in [0.3, 0.4) is 0 Å². The van der Waals surface area contributed by atoms with Gasteiger partial charge in [0.2, 0.25) is 0 Å². The van der Waals surface area contributed by atoms with E-state index in [1.54, 1.807) is 0 Å². The number of aromatic nitrogens is 2. The van der Waals surface area contributed by atoms with Crippen molar-refractivity contribution in [1.82, 2.24) is 4.57 Å². The molecule has 31 heavy (non-hydrogen) atoms. The average molecular weight is 426 g/mol. The molecular weight excluding hydrogens is 376 g/mol. The highest BCUT2D eigenvalue weighted by molar-refractivity contribution is 5.13. The Hall–Kier alpha value is -1.57. The molecule has 0 bridgehead atoms. The summed E-state index contributed by atoms with van der Waals surface area (Å²) in [7, 11) is 0. The lowest BCUT2D eigenvalue weighted by molar-refractivity contribution is -0.694. The summed E-state index contributed by atoms with van der Waals surface area (Å²) in [6.45, 7) is 6.67. The van der Waals surface area contributed by atoms with Crippen molar-refractivity contribution in [2.75, 3.05) is 0 Å². The van der Waals surface area contributed by atoms with Gasteiger partial charge in [-0.1, -0.05) is 127 Å². The van der Waals surface area contributed by atoms with Crippen LogP contribution in [0, 0.1) is 6.92 Å². The van der Waals surface area contributed by atoms with Crippen LogP contribution in [0.2, 0.25) is 0 Å². The highest BCUT2D eigenvalue weighted by atomic mass is 15.1. The van der Waals surface area contributed by atoms with Gasteiger partial charge in [-0.2, -0.15) is 0 Å². The smallest absolute Gasteiger partial charge is 0.234 e. The lowest BCUT2D eigenvalue weighted by atomic mass is 10.0. The Balaban J connectivity index is 1.40. The molecule has 1 aromatic carbocycles. The maximum Gasteiger partial charge on any atom is 0.253 e. The Morgan fingerprint density at radius 2 is 1.13 bits per heavy atom. The first kappa shape index (κ1) is 25.7. The first-order chi connectivity index (χ1) is 15.3. The van der Waals surface area contributed by atoms with Gasteiger partial charge in [-0.05, 0) is 18.4 Å². The van der Waals surface area contributed by atoms with Crippen LogP contribution in [-0.4, -0.2) is 4.57 Å². The van der Waals surface area contributed by atoms with Crippen molar-refractivity contribution in [3.05, 3.63) is 54.1 Å². The van der Waals surface area contributed by atoms with Crippen LogP contribution >= 0.6 is 0 Å². The Labute approximate surface area is 193 Å². The Morgan fingerprint density at radius 3 is 1.65 bits per heavy atom. The predicted octanol–water partition coefficient (Wildman–Crippen LogP) is 8.39. The summed E-state index contributed by atoms with van der Waals surface area (Å²) in [6, 6.07) is 10.7. The maximum absolute atomic E-state index is 2.42. The molecule has 1 heterocycles. The molecule has 0 atom stereocenters. The summed E-state index contributed by atoms with van der Waals surface area (Å²) in [5, 5.41) is 0. The zero-order valence-electron chi connectivity index (χ0n) is 20.7. The second-order valence-corrected chi connectivity index (χ2v) is 9.46. The van der Waals surface area contributed by atoms with Gasteiger partial charge < -0.3 is 0 Å². The topological polar surface area (TPSA) is 8.81 Å². The molecule has 2 rings (SSSR count). The van der Waals surface area contributed by atoms with E-state index in [-0.39, 0.29) is 0 Å². The summed E-state index contributed by atoms with van der Waals surface area (Å²) in [5.41, 5.74) is 1.37. The van der Waals surface area contributed by atoms with Gasteiger partial charge in [0.15, 0.2) is 0 Å². The van der Waals surface area contributed by atoms with E-state index >= 15 is 0 Å². The minimum atomic E-state index is 0.971.